The molecule has 0 aliphatic rings. The van der Waals surface area contributed by atoms with Crippen molar-refractivity contribution in [2.75, 3.05) is 6.61 Å². The van der Waals surface area contributed by atoms with Gasteiger partial charge in [0.15, 0.2) is 11.3 Å². The molecule has 0 aliphatic heterocycles. The second-order valence-electron chi connectivity index (χ2n) is 8.02. The number of carbonyl (C=O) groups is 1. The molecule has 2 aromatic rings. The molecule has 0 amide bonds. The van der Waals surface area contributed by atoms with E-state index in [1.807, 2.05) is 12.3 Å². The molecule has 4 heteroatoms. The molecule has 3 nitrogen and oxygen atoms in total. The molecule has 0 atom stereocenters. The van der Waals surface area contributed by atoms with Crippen LogP contribution in [0.3, 0.4) is 0 Å². The molecule has 1 heterocycles. The highest BCUT2D eigenvalue weighted by molar-refractivity contribution is 7.11. The van der Waals surface area contributed by atoms with Gasteiger partial charge in [0.25, 0.3) is 0 Å². The van der Waals surface area contributed by atoms with Gasteiger partial charge < -0.3 is 4.74 Å². The fourth-order valence-electron chi connectivity index (χ4n) is 2.57. The first-order valence-electron chi connectivity index (χ1n) is 8.30. The van der Waals surface area contributed by atoms with Gasteiger partial charge in [-0.3, -0.25) is 4.79 Å². The summed E-state index contributed by atoms with van der Waals surface area (Å²) in [4.78, 5) is 15.5. The summed E-state index contributed by atoms with van der Waals surface area (Å²) < 4.78 is 6.04. The van der Waals surface area contributed by atoms with Gasteiger partial charge >= 0.3 is 0 Å². The van der Waals surface area contributed by atoms with Gasteiger partial charge in [-0.1, -0.05) is 47.6 Å². The summed E-state index contributed by atoms with van der Waals surface area (Å²) >= 11 is 1.36. The molecule has 1 aromatic carbocycles. The Balaban J connectivity index is 2.80. The van der Waals surface area contributed by atoms with E-state index in [1.54, 1.807) is 0 Å². The van der Waals surface area contributed by atoms with E-state index in [0.29, 0.717) is 11.6 Å². The standard InChI is InChI=1S/C20H27NO2S/c1-8-23-18-14(16-12-24-17(11-22)21-16)9-13(19(2,3)4)10-15(18)20(5,6)7/h9-12H,8H2,1-7H3. The molecular weight excluding hydrogens is 318 g/mol. The van der Waals surface area contributed by atoms with Crippen LogP contribution in [0, 0.1) is 0 Å². The smallest absolute Gasteiger partial charge is 0.178 e. The monoisotopic (exact) mass is 345 g/mol. The summed E-state index contributed by atoms with van der Waals surface area (Å²) in [5.74, 6) is 0.876. The number of aromatic nitrogens is 1. The molecule has 0 unspecified atom stereocenters. The van der Waals surface area contributed by atoms with Gasteiger partial charge in [-0.15, -0.1) is 11.3 Å². The SMILES string of the molecule is CCOc1c(-c2csc(C=O)n2)cc(C(C)(C)C)cc1C(C)(C)C. The molecular formula is C20H27NO2S. The summed E-state index contributed by atoms with van der Waals surface area (Å²) in [6, 6.07) is 4.41. The highest BCUT2D eigenvalue weighted by Crippen LogP contribution is 2.42. The highest BCUT2D eigenvalue weighted by atomic mass is 32.1. The highest BCUT2D eigenvalue weighted by Gasteiger charge is 2.27. The number of nitrogens with zero attached hydrogens (tertiary/aromatic N) is 1. The normalized spacial score (nSPS) is 12.3. The van der Waals surface area contributed by atoms with E-state index in [1.165, 1.54) is 22.5 Å². The molecule has 0 saturated carbocycles. The van der Waals surface area contributed by atoms with E-state index in [9.17, 15) is 4.79 Å². The summed E-state index contributed by atoms with van der Waals surface area (Å²) in [5.41, 5.74) is 4.16. The minimum Gasteiger partial charge on any atom is -0.493 e. The molecule has 0 fully saturated rings. The topological polar surface area (TPSA) is 39.2 Å². The van der Waals surface area contributed by atoms with E-state index in [4.69, 9.17) is 4.74 Å². The minimum atomic E-state index is -0.0516. The Morgan fingerprint density at radius 2 is 1.79 bits per heavy atom. The average molecular weight is 346 g/mol. The van der Waals surface area contributed by atoms with Crippen molar-refractivity contribution < 1.29 is 9.53 Å². The van der Waals surface area contributed by atoms with Crippen molar-refractivity contribution in [3.8, 4) is 17.0 Å². The molecule has 0 saturated heterocycles. The van der Waals surface area contributed by atoms with Crippen molar-refractivity contribution in [1.29, 1.82) is 0 Å². The molecule has 1 aromatic heterocycles. The number of ether oxygens (including phenoxy) is 1. The van der Waals surface area contributed by atoms with Crippen LogP contribution in [0.25, 0.3) is 11.3 Å². The maximum Gasteiger partial charge on any atom is 0.178 e. The lowest BCUT2D eigenvalue weighted by Gasteiger charge is -2.29. The van der Waals surface area contributed by atoms with E-state index in [2.05, 4.69) is 58.7 Å². The maximum absolute atomic E-state index is 11.0. The van der Waals surface area contributed by atoms with Crippen molar-refractivity contribution in [2.24, 2.45) is 0 Å². The third kappa shape index (κ3) is 3.86. The molecule has 0 radical (unpaired) electrons. The largest absolute Gasteiger partial charge is 0.493 e. The van der Waals surface area contributed by atoms with E-state index < -0.39 is 0 Å². The fourth-order valence-corrected chi connectivity index (χ4v) is 3.19. The van der Waals surface area contributed by atoms with Crippen LogP contribution in [0.4, 0.5) is 0 Å². The number of hydrogen-bond donors (Lipinski definition) is 0. The van der Waals surface area contributed by atoms with Gasteiger partial charge in [-0.05, 0) is 29.4 Å². The first-order valence-corrected chi connectivity index (χ1v) is 9.18. The number of carbonyl (C=O) groups excluding carboxylic acids is 1. The Kier molecular flexibility index (Phi) is 5.19. The average Bonchev–Trinajstić information content (AvgIpc) is 2.94. The number of aldehydes is 1. The lowest BCUT2D eigenvalue weighted by molar-refractivity contribution is 0.112. The van der Waals surface area contributed by atoms with Gasteiger partial charge in [0, 0.05) is 16.5 Å². The molecule has 130 valence electrons. The van der Waals surface area contributed by atoms with Crippen LogP contribution in [0.1, 0.15) is 69.4 Å². The van der Waals surface area contributed by atoms with Crippen LogP contribution in [-0.2, 0) is 10.8 Å². The number of hydrogen-bond acceptors (Lipinski definition) is 4. The van der Waals surface area contributed by atoms with Crippen LogP contribution in [0.2, 0.25) is 0 Å². The molecule has 0 bridgehead atoms. The van der Waals surface area contributed by atoms with Crippen LogP contribution in [0.15, 0.2) is 17.5 Å². The summed E-state index contributed by atoms with van der Waals surface area (Å²) in [6.07, 6.45) is 0.798. The fraction of sp³-hybridized carbons (Fsp3) is 0.500. The summed E-state index contributed by atoms with van der Waals surface area (Å²) in [5, 5.41) is 2.42. The Labute approximate surface area is 149 Å². The van der Waals surface area contributed by atoms with E-state index in [-0.39, 0.29) is 10.8 Å². The van der Waals surface area contributed by atoms with Crippen LogP contribution < -0.4 is 4.74 Å². The zero-order chi connectivity index (χ0) is 18.1. The van der Waals surface area contributed by atoms with Crippen molar-refractivity contribution in [1.82, 2.24) is 4.98 Å². The molecule has 0 aliphatic carbocycles. The number of rotatable bonds is 4. The lowest BCUT2D eigenvalue weighted by atomic mass is 9.78. The van der Waals surface area contributed by atoms with Crippen LogP contribution in [0.5, 0.6) is 5.75 Å². The van der Waals surface area contributed by atoms with Gasteiger partial charge in [0.2, 0.25) is 0 Å². The number of benzene rings is 1. The second-order valence-corrected chi connectivity index (χ2v) is 8.91. The van der Waals surface area contributed by atoms with Crippen molar-refractivity contribution >= 4 is 17.6 Å². The Morgan fingerprint density at radius 1 is 1.12 bits per heavy atom. The quantitative estimate of drug-likeness (QED) is 0.675. The third-order valence-corrected chi connectivity index (χ3v) is 4.72. The molecule has 0 N–H and O–H groups in total. The van der Waals surface area contributed by atoms with Crippen molar-refractivity contribution in [3.63, 3.8) is 0 Å². The van der Waals surface area contributed by atoms with E-state index in [0.717, 1.165) is 23.3 Å². The van der Waals surface area contributed by atoms with Gasteiger partial charge in [0.05, 0.1) is 12.3 Å². The zero-order valence-electron chi connectivity index (χ0n) is 15.7. The molecule has 24 heavy (non-hydrogen) atoms. The maximum atomic E-state index is 11.0. The Hall–Kier alpha value is -1.68. The van der Waals surface area contributed by atoms with Gasteiger partial charge in [-0.2, -0.15) is 0 Å². The molecule has 2 rings (SSSR count). The second kappa shape index (κ2) is 6.67. The lowest BCUT2D eigenvalue weighted by Crippen LogP contribution is -2.18. The van der Waals surface area contributed by atoms with Gasteiger partial charge in [0.1, 0.15) is 5.75 Å². The molecule has 0 spiro atoms. The Bertz CT molecular complexity index is 733. The van der Waals surface area contributed by atoms with Crippen LogP contribution >= 0.6 is 11.3 Å². The summed E-state index contributed by atoms with van der Waals surface area (Å²) in [6.45, 7) is 15.8. The van der Waals surface area contributed by atoms with Crippen LogP contribution in [-0.4, -0.2) is 17.9 Å². The number of thiazole rings is 1. The third-order valence-electron chi connectivity index (χ3n) is 3.95. The minimum absolute atomic E-state index is 0.0169. The summed E-state index contributed by atoms with van der Waals surface area (Å²) in [7, 11) is 0. The van der Waals surface area contributed by atoms with Crippen molar-refractivity contribution in [3.05, 3.63) is 33.6 Å². The Morgan fingerprint density at radius 3 is 2.25 bits per heavy atom. The van der Waals surface area contributed by atoms with Gasteiger partial charge in [-0.25, -0.2) is 4.98 Å². The first-order chi connectivity index (χ1) is 11.1. The van der Waals surface area contributed by atoms with Crippen molar-refractivity contribution in [2.45, 2.75) is 59.3 Å². The predicted molar refractivity (Wildman–Crippen MR) is 102 cm³/mol. The van der Waals surface area contributed by atoms with E-state index >= 15 is 0 Å². The zero-order valence-corrected chi connectivity index (χ0v) is 16.5. The predicted octanol–water partition coefficient (Wildman–Crippen LogP) is 5.62. The first kappa shape index (κ1) is 18.7.